The van der Waals surface area contributed by atoms with Crippen LogP contribution < -0.4 is 0 Å². The molecule has 3 rings (SSSR count). The van der Waals surface area contributed by atoms with Crippen molar-refractivity contribution in [2.24, 2.45) is 0 Å². The normalized spacial score (nSPS) is 16.2. The molecule has 2 aromatic rings. The molecule has 0 radical (unpaired) electrons. The van der Waals surface area contributed by atoms with Gasteiger partial charge >= 0.3 is 6.18 Å². The molecule has 5 nitrogen and oxygen atoms in total. The van der Waals surface area contributed by atoms with Gasteiger partial charge in [-0.05, 0) is 30.3 Å². The predicted octanol–water partition coefficient (Wildman–Crippen LogP) is 3.51. The van der Waals surface area contributed by atoms with Crippen LogP contribution in [0.1, 0.15) is 15.9 Å². The van der Waals surface area contributed by atoms with Crippen LogP contribution in [0.2, 0.25) is 5.02 Å². The average molecular weight is 433 g/mol. The van der Waals surface area contributed by atoms with E-state index in [1.54, 1.807) is 18.2 Å². The maximum absolute atomic E-state index is 13.2. The molecule has 150 valence electrons. The lowest BCUT2D eigenvalue weighted by molar-refractivity contribution is -0.139. The molecule has 1 aliphatic heterocycles. The van der Waals surface area contributed by atoms with Gasteiger partial charge in [0.05, 0.1) is 10.5 Å². The number of carbonyl (C=O) groups is 1. The van der Waals surface area contributed by atoms with E-state index in [0.717, 1.165) is 22.5 Å². The molecule has 1 fully saturated rings. The van der Waals surface area contributed by atoms with Crippen LogP contribution in [0, 0.1) is 0 Å². The van der Waals surface area contributed by atoms with Crippen molar-refractivity contribution < 1.29 is 26.4 Å². The maximum atomic E-state index is 13.2. The number of amides is 1. The summed E-state index contributed by atoms with van der Waals surface area (Å²) in [4.78, 5) is 13.2. The molecule has 0 saturated carbocycles. The molecule has 0 aromatic heterocycles. The lowest BCUT2D eigenvalue weighted by atomic mass is 10.2. The van der Waals surface area contributed by atoms with Crippen molar-refractivity contribution in [2.75, 3.05) is 26.2 Å². The quantitative estimate of drug-likeness (QED) is 0.745. The van der Waals surface area contributed by atoms with Crippen LogP contribution in [0.4, 0.5) is 13.2 Å². The zero-order valence-corrected chi connectivity index (χ0v) is 16.1. The van der Waals surface area contributed by atoms with Crippen molar-refractivity contribution in [1.29, 1.82) is 0 Å². The summed E-state index contributed by atoms with van der Waals surface area (Å²) in [6, 6.07) is 10.4. The molecular formula is C18H16ClF3N2O3S. The van der Waals surface area contributed by atoms with Crippen LogP contribution in [0.3, 0.4) is 0 Å². The van der Waals surface area contributed by atoms with Gasteiger partial charge in [0.15, 0.2) is 0 Å². The number of halogens is 4. The SMILES string of the molecule is O=C(c1cccc(Cl)c1)N1CCN(S(=O)(=O)c2ccccc2C(F)(F)F)CC1. The lowest BCUT2D eigenvalue weighted by Crippen LogP contribution is -2.50. The van der Waals surface area contributed by atoms with Crippen molar-refractivity contribution in [3.8, 4) is 0 Å². The van der Waals surface area contributed by atoms with Crippen LogP contribution in [-0.2, 0) is 16.2 Å². The van der Waals surface area contributed by atoms with Gasteiger partial charge in [0, 0.05) is 36.8 Å². The third-order valence-corrected chi connectivity index (χ3v) is 6.60. The number of benzene rings is 2. The maximum Gasteiger partial charge on any atom is 0.417 e. The number of hydrogen-bond acceptors (Lipinski definition) is 3. The van der Waals surface area contributed by atoms with Crippen molar-refractivity contribution in [3.05, 3.63) is 64.7 Å². The first-order chi connectivity index (χ1) is 13.1. The highest BCUT2D eigenvalue weighted by atomic mass is 35.5. The number of carbonyl (C=O) groups excluding carboxylic acids is 1. The fraction of sp³-hybridized carbons (Fsp3) is 0.278. The van der Waals surface area contributed by atoms with Gasteiger partial charge in [0.25, 0.3) is 5.91 Å². The number of nitrogens with zero attached hydrogens (tertiary/aromatic N) is 2. The number of alkyl halides is 3. The molecule has 2 aromatic carbocycles. The van der Waals surface area contributed by atoms with Crippen molar-refractivity contribution >= 4 is 27.5 Å². The molecule has 0 aliphatic carbocycles. The Morgan fingerprint density at radius 1 is 0.964 bits per heavy atom. The van der Waals surface area contributed by atoms with Crippen molar-refractivity contribution in [2.45, 2.75) is 11.1 Å². The van der Waals surface area contributed by atoms with E-state index in [1.807, 2.05) is 0 Å². The highest BCUT2D eigenvalue weighted by Crippen LogP contribution is 2.35. The van der Waals surface area contributed by atoms with Gasteiger partial charge in [-0.3, -0.25) is 4.79 Å². The van der Waals surface area contributed by atoms with E-state index in [1.165, 1.54) is 17.0 Å². The Morgan fingerprint density at radius 3 is 2.21 bits per heavy atom. The van der Waals surface area contributed by atoms with Gasteiger partial charge in [-0.25, -0.2) is 8.42 Å². The predicted molar refractivity (Wildman–Crippen MR) is 97.6 cm³/mol. The van der Waals surface area contributed by atoms with Gasteiger partial charge in [-0.2, -0.15) is 17.5 Å². The fourth-order valence-electron chi connectivity index (χ4n) is 3.00. The molecule has 0 atom stereocenters. The summed E-state index contributed by atoms with van der Waals surface area (Å²) >= 11 is 5.88. The van der Waals surface area contributed by atoms with E-state index in [2.05, 4.69) is 0 Å². The fourth-order valence-corrected chi connectivity index (χ4v) is 4.83. The van der Waals surface area contributed by atoms with E-state index in [-0.39, 0.29) is 32.1 Å². The summed E-state index contributed by atoms with van der Waals surface area (Å²) in [5.41, 5.74) is -0.835. The molecular weight excluding hydrogens is 417 g/mol. The molecule has 0 N–H and O–H groups in total. The summed E-state index contributed by atoms with van der Waals surface area (Å²) in [6.07, 6.45) is -4.78. The van der Waals surface area contributed by atoms with Gasteiger partial charge in [0.1, 0.15) is 0 Å². The molecule has 0 unspecified atom stereocenters. The van der Waals surface area contributed by atoms with E-state index in [9.17, 15) is 26.4 Å². The summed E-state index contributed by atoms with van der Waals surface area (Å²) in [7, 11) is -4.34. The summed E-state index contributed by atoms with van der Waals surface area (Å²) < 4.78 is 66.0. The Balaban J connectivity index is 1.77. The zero-order valence-electron chi connectivity index (χ0n) is 14.5. The largest absolute Gasteiger partial charge is 0.417 e. The average Bonchev–Trinajstić information content (AvgIpc) is 2.67. The third-order valence-electron chi connectivity index (χ3n) is 4.41. The lowest BCUT2D eigenvalue weighted by Gasteiger charge is -2.34. The Bertz CT molecular complexity index is 988. The van der Waals surface area contributed by atoms with Crippen LogP contribution in [0.5, 0.6) is 0 Å². The minimum absolute atomic E-state index is 0.0682. The smallest absolute Gasteiger partial charge is 0.336 e. The Kier molecular flexibility index (Phi) is 5.69. The summed E-state index contributed by atoms with van der Waals surface area (Å²) in [5.74, 6) is -0.310. The standard InChI is InChI=1S/C18H16ClF3N2O3S/c19-14-5-3-4-13(12-14)17(25)23-8-10-24(11-9-23)28(26,27)16-7-2-1-6-15(16)18(20,21)22/h1-7,12H,8-11H2. The number of piperazine rings is 1. The van der Waals surface area contributed by atoms with Gasteiger partial charge in [0.2, 0.25) is 10.0 Å². The first-order valence-electron chi connectivity index (χ1n) is 8.32. The number of sulfonamides is 1. The molecule has 1 heterocycles. The van der Waals surface area contributed by atoms with E-state index >= 15 is 0 Å². The molecule has 28 heavy (non-hydrogen) atoms. The number of rotatable bonds is 3. The molecule has 1 amide bonds. The van der Waals surface area contributed by atoms with E-state index in [0.29, 0.717) is 10.6 Å². The molecule has 1 saturated heterocycles. The molecule has 0 bridgehead atoms. The molecule has 0 spiro atoms. The van der Waals surface area contributed by atoms with E-state index in [4.69, 9.17) is 11.6 Å². The second kappa shape index (κ2) is 7.73. The second-order valence-electron chi connectivity index (χ2n) is 6.20. The Morgan fingerprint density at radius 2 is 1.61 bits per heavy atom. The van der Waals surface area contributed by atoms with Crippen LogP contribution in [-0.4, -0.2) is 49.7 Å². The van der Waals surface area contributed by atoms with Crippen LogP contribution in [0.15, 0.2) is 53.4 Å². The van der Waals surface area contributed by atoms with Crippen LogP contribution in [0.25, 0.3) is 0 Å². The summed E-state index contributed by atoms with van der Waals surface area (Å²) in [5, 5.41) is 0.399. The third kappa shape index (κ3) is 4.16. The Hall–Kier alpha value is -2.10. The highest BCUT2D eigenvalue weighted by Gasteiger charge is 2.39. The van der Waals surface area contributed by atoms with Crippen molar-refractivity contribution in [3.63, 3.8) is 0 Å². The first-order valence-corrected chi connectivity index (χ1v) is 10.1. The topological polar surface area (TPSA) is 57.7 Å². The second-order valence-corrected chi connectivity index (χ2v) is 8.54. The van der Waals surface area contributed by atoms with Crippen LogP contribution >= 0.6 is 11.6 Å². The van der Waals surface area contributed by atoms with Gasteiger partial charge < -0.3 is 4.90 Å². The van der Waals surface area contributed by atoms with Gasteiger partial charge in [-0.1, -0.05) is 29.8 Å². The minimum Gasteiger partial charge on any atom is -0.336 e. The zero-order chi connectivity index (χ0) is 20.5. The first kappa shape index (κ1) is 20.6. The van der Waals surface area contributed by atoms with Gasteiger partial charge in [-0.15, -0.1) is 0 Å². The van der Waals surface area contributed by atoms with E-state index < -0.39 is 26.7 Å². The number of hydrogen-bond donors (Lipinski definition) is 0. The monoisotopic (exact) mass is 432 g/mol. The van der Waals surface area contributed by atoms with Crippen molar-refractivity contribution in [1.82, 2.24) is 9.21 Å². The highest BCUT2D eigenvalue weighted by molar-refractivity contribution is 7.89. The summed E-state index contributed by atoms with van der Waals surface area (Å²) in [6.45, 7) is -0.0564. The minimum atomic E-state index is -4.78. The Labute approximate surface area is 165 Å². The molecule has 1 aliphatic rings. The molecule has 10 heteroatoms.